The Morgan fingerprint density at radius 2 is 2.18 bits per heavy atom. The number of benzene rings is 1. The number of hydrogen-bond acceptors (Lipinski definition) is 1. The molecule has 0 saturated carbocycles. The van der Waals surface area contributed by atoms with Gasteiger partial charge in [0.25, 0.3) is 0 Å². The first kappa shape index (κ1) is 6.80. The first-order valence-electron chi connectivity index (χ1n) is 3.54. The maximum absolute atomic E-state index is 4.33. The smallest absolute Gasteiger partial charge is 0.0591 e. The molecule has 56 valence electrons. The van der Waals surface area contributed by atoms with Gasteiger partial charge in [0, 0.05) is 16.0 Å². The van der Waals surface area contributed by atoms with Gasteiger partial charge in [0.15, 0.2) is 0 Å². The summed E-state index contributed by atoms with van der Waals surface area (Å²) in [5, 5.41) is 1.23. The predicted octanol–water partition coefficient (Wildman–Crippen LogP) is 2.77. The van der Waals surface area contributed by atoms with Gasteiger partial charge in [-0.2, -0.15) is 0 Å². The Bertz CT molecular complexity index is 389. The topological polar surface area (TPSA) is 15.8 Å². The van der Waals surface area contributed by atoms with Gasteiger partial charge in [0.2, 0.25) is 0 Å². The fraction of sp³-hybridized carbons (Fsp3) is 0.111. The van der Waals surface area contributed by atoms with E-state index in [0.717, 1.165) is 10.4 Å². The van der Waals surface area contributed by atoms with Crippen molar-refractivity contribution in [2.75, 3.05) is 0 Å². The molecule has 0 bridgehead atoms. The Labute approximate surface area is 70.8 Å². The quantitative estimate of drug-likeness (QED) is 0.555. The van der Waals surface area contributed by atoms with E-state index in [-0.39, 0.29) is 0 Å². The number of fused-ring (bicyclic) bond motifs is 1. The Kier molecular flexibility index (Phi) is 1.43. The molecule has 0 atom stereocenters. The zero-order valence-electron chi connectivity index (χ0n) is 6.26. The molecule has 1 N–H and O–H groups in total. The summed E-state index contributed by atoms with van der Waals surface area (Å²) in [4.78, 5) is 4.26. The van der Waals surface area contributed by atoms with E-state index in [9.17, 15) is 0 Å². The van der Waals surface area contributed by atoms with Crippen LogP contribution in [-0.2, 0) is 0 Å². The highest BCUT2D eigenvalue weighted by Gasteiger charge is 1.98. The minimum atomic E-state index is 1.01. The highest BCUT2D eigenvalue weighted by molar-refractivity contribution is 7.80. The second-order valence-electron chi connectivity index (χ2n) is 2.69. The van der Waals surface area contributed by atoms with Crippen LogP contribution >= 0.6 is 12.6 Å². The first-order chi connectivity index (χ1) is 5.27. The summed E-state index contributed by atoms with van der Waals surface area (Å²) in [6.45, 7) is 2.05. The summed E-state index contributed by atoms with van der Waals surface area (Å²) in [7, 11) is 0. The van der Waals surface area contributed by atoms with Crippen LogP contribution in [0.1, 0.15) is 5.69 Å². The molecule has 0 saturated heterocycles. The molecule has 0 unspecified atom stereocenters. The normalized spacial score (nSPS) is 10.7. The van der Waals surface area contributed by atoms with E-state index in [2.05, 4.69) is 29.7 Å². The fourth-order valence-corrected chi connectivity index (χ4v) is 1.55. The van der Waals surface area contributed by atoms with Gasteiger partial charge in [-0.3, -0.25) is 0 Å². The van der Waals surface area contributed by atoms with Crippen molar-refractivity contribution in [2.24, 2.45) is 0 Å². The average Bonchev–Trinajstić information content (AvgIpc) is 2.31. The van der Waals surface area contributed by atoms with Crippen molar-refractivity contribution in [2.45, 2.75) is 11.8 Å². The van der Waals surface area contributed by atoms with E-state index < -0.39 is 0 Å². The van der Waals surface area contributed by atoms with E-state index in [1.165, 1.54) is 11.1 Å². The molecular formula is C9H9NS. The molecule has 0 aliphatic rings. The van der Waals surface area contributed by atoms with E-state index in [4.69, 9.17) is 0 Å². The molecule has 2 rings (SSSR count). The minimum absolute atomic E-state index is 1.01. The summed E-state index contributed by atoms with van der Waals surface area (Å²) in [6.07, 6.45) is 0. The SMILES string of the molecule is Cc1cc2cccc(S)c2[nH]1. The third-order valence-electron chi connectivity index (χ3n) is 1.77. The summed E-state index contributed by atoms with van der Waals surface area (Å²) >= 11 is 4.33. The first-order valence-corrected chi connectivity index (χ1v) is 3.99. The molecule has 0 spiro atoms. The maximum atomic E-state index is 4.33. The van der Waals surface area contributed by atoms with Crippen LogP contribution in [-0.4, -0.2) is 4.98 Å². The summed E-state index contributed by atoms with van der Waals surface area (Å²) in [5.41, 5.74) is 2.31. The van der Waals surface area contributed by atoms with Crippen molar-refractivity contribution in [1.82, 2.24) is 4.98 Å². The highest BCUT2D eigenvalue weighted by Crippen LogP contribution is 2.21. The summed E-state index contributed by atoms with van der Waals surface area (Å²) in [5.74, 6) is 0. The second-order valence-corrected chi connectivity index (χ2v) is 3.18. The lowest BCUT2D eigenvalue weighted by molar-refractivity contribution is 1.28. The zero-order chi connectivity index (χ0) is 7.84. The van der Waals surface area contributed by atoms with Crippen molar-refractivity contribution in [3.05, 3.63) is 30.0 Å². The minimum Gasteiger partial charge on any atom is -0.358 e. The lowest BCUT2D eigenvalue weighted by atomic mass is 10.2. The summed E-state index contributed by atoms with van der Waals surface area (Å²) < 4.78 is 0. The Morgan fingerprint density at radius 3 is 2.91 bits per heavy atom. The number of thiol groups is 1. The number of aromatic nitrogens is 1. The van der Waals surface area contributed by atoms with Crippen LogP contribution in [0.5, 0.6) is 0 Å². The molecule has 0 aliphatic carbocycles. The Hall–Kier alpha value is -0.890. The van der Waals surface area contributed by atoms with Crippen LogP contribution in [0.25, 0.3) is 10.9 Å². The summed E-state index contributed by atoms with van der Waals surface area (Å²) in [6, 6.07) is 8.20. The van der Waals surface area contributed by atoms with E-state index in [0.29, 0.717) is 0 Å². The van der Waals surface area contributed by atoms with Crippen LogP contribution in [0.4, 0.5) is 0 Å². The maximum Gasteiger partial charge on any atom is 0.0591 e. The van der Waals surface area contributed by atoms with Gasteiger partial charge in [-0.05, 0) is 19.1 Å². The highest BCUT2D eigenvalue weighted by atomic mass is 32.1. The van der Waals surface area contributed by atoms with Crippen LogP contribution in [0.2, 0.25) is 0 Å². The number of nitrogens with one attached hydrogen (secondary N) is 1. The van der Waals surface area contributed by atoms with E-state index >= 15 is 0 Å². The van der Waals surface area contributed by atoms with E-state index in [1.54, 1.807) is 0 Å². The van der Waals surface area contributed by atoms with Crippen LogP contribution < -0.4 is 0 Å². The molecule has 11 heavy (non-hydrogen) atoms. The molecular weight excluding hydrogens is 154 g/mol. The van der Waals surface area contributed by atoms with Crippen molar-refractivity contribution in [1.29, 1.82) is 0 Å². The Morgan fingerprint density at radius 1 is 1.36 bits per heavy atom. The van der Waals surface area contributed by atoms with Crippen LogP contribution in [0, 0.1) is 6.92 Å². The fourth-order valence-electron chi connectivity index (χ4n) is 1.28. The van der Waals surface area contributed by atoms with Gasteiger partial charge >= 0.3 is 0 Å². The lowest BCUT2D eigenvalue weighted by Crippen LogP contribution is -1.70. The molecule has 1 aromatic carbocycles. The van der Waals surface area contributed by atoms with Gasteiger partial charge in [-0.15, -0.1) is 12.6 Å². The molecule has 2 aromatic rings. The monoisotopic (exact) mass is 163 g/mol. The molecule has 0 amide bonds. The van der Waals surface area contributed by atoms with Crippen molar-refractivity contribution < 1.29 is 0 Å². The molecule has 0 fully saturated rings. The van der Waals surface area contributed by atoms with Crippen LogP contribution in [0.3, 0.4) is 0 Å². The van der Waals surface area contributed by atoms with Gasteiger partial charge in [-0.25, -0.2) is 0 Å². The van der Waals surface area contributed by atoms with Crippen molar-refractivity contribution in [3.8, 4) is 0 Å². The number of rotatable bonds is 0. The van der Waals surface area contributed by atoms with Crippen molar-refractivity contribution in [3.63, 3.8) is 0 Å². The number of aryl methyl sites for hydroxylation is 1. The molecule has 2 heteroatoms. The van der Waals surface area contributed by atoms with Crippen molar-refractivity contribution >= 4 is 23.5 Å². The molecule has 0 radical (unpaired) electrons. The third kappa shape index (κ3) is 1.03. The number of H-pyrrole nitrogens is 1. The van der Waals surface area contributed by atoms with Gasteiger partial charge in [0.1, 0.15) is 0 Å². The second kappa shape index (κ2) is 2.31. The zero-order valence-corrected chi connectivity index (χ0v) is 7.15. The third-order valence-corrected chi connectivity index (χ3v) is 2.14. The number of para-hydroxylation sites is 1. The largest absolute Gasteiger partial charge is 0.358 e. The number of aromatic amines is 1. The molecule has 1 aromatic heterocycles. The predicted molar refractivity (Wildman–Crippen MR) is 50.3 cm³/mol. The van der Waals surface area contributed by atoms with E-state index in [1.807, 2.05) is 19.1 Å². The molecule has 0 aliphatic heterocycles. The van der Waals surface area contributed by atoms with Crippen LogP contribution in [0.15, 0.2) is 29.2 Å². The standard InChI is InChI=1S/C9H9NS/c1-6-5-7-3-2-4-8(11)9(7)10-6/h2-5,10-11H,1H3. The van der Waals surface area contributed by atoms with Gasteiger partial charge in [0.05, 0.1) is 5.52 Å². The van der Waals surface area contributed by atoms with Gasteiger partial charge in [-0.1, -0.05) is 12.1 Å². The van der Waals surface area contributed by atoms with Gasteiger partial charge < -0.3 is 4.98 Å². The molecule has 1 heterocycles. The Balaban J connectivity index is 2.90. The average molecular weight is 163 g/mol. The molecule has 1 nitrogen and oxygen atoms in total. The lowest BCUT2D eigenvalue weighted by Gasteiger charge is -1.91. The number of hydrogen-bond donors (Lipinski definition) is 2.